The number of hydrogen-bond donors (Lipinski definition) is 2. The van der Waals surface area contributed by atoms with E-state index in [0.717, 1.165) is 61.6 Å². The van der Waals surface area contributed by atoms with Gasteiger partial charge in [0.25, 0.3) is 5.91 Å². The molecule has 2 N–H and O–H groups in total. The molecule has 0 spiro atoms. The maximum absolute atomic E-state index is 15.1. The van der Waals surface area contributed by atoms with Crippen molar-refractivity contribution in [1.29, 1.82) is 0 Å². The first-order valence-electron chi connectivity index (χ1n) is 16.5. The summed E-state index contributed by atoms with van der Waals surface area (Å²) in [6.45, 7) is 13.5. The van der Waals surface area contributed by atoms with Crippen LogP contribution in [-0.4, -0.2) is 65.1 Å². The van der Waals surface area contributed by atoms with Gasteiger partial charge in [-0.15, -0.1) is 0 Å². The summed E-state index contributed by atoms with van der Waals surface area (Å²) in [5, 5.41) is 5.68. The molecule has 0 radical (unpaired) electrons. The van der Waals surface area contributed by atoms with Crippen LogP contribution in [0.1, 0.15) is 81.3 Å². The summed E-state index contributed by atoms with van der Waals surface area (Å²) in [5.74, 6) is -1.44. The van der Waals surface area contributed by atoms with E-state index >= 15 is 8.78 Å². The van der Waals surface area contributed by atoms with Gasteiger partial charge in [-0.25, -0.2) is 23.5 Å². The van der Waals surface area contributed by atoms with Gasteiger partial charge in [-0.3, -0.25) is 4.79 Å². The highest BCUT2D eigenvalue weighted by atomic mass is 19.1. The Balaban J connectivity index is 0.00000204. The smallest absolute Gasteiger partial charge is 0.328 e. The van der Waals surface area contributed by atoms with Gasteiger partial charge in [0.2, 0.25) is 5.95 Å². The van der Waals surface area contributed by atoms with Crippen molar-refractivity contribution >= 4 is 29.4 Å². The number of rotatable bonds is 6. The van der Waals surface area contributed by atoms with Gasteiger partial charge in [-0.1, -0.05) is 32.4 Å². The normalized spacial score (nSPS) is 17.3. The van der Waals surface area contributed by atoms with Gasteiger partial charge in [0.15, 0.2) is 5.82 Å². The largest absolute Gasteiger partial charge is 0.350 e. The predicted molar refractivity (Wildman–Crippen MR) is 178 cm³/mol. The summed E-state index contributed by atoms with van der Waals surface area (Å²) in [6.07, 6.45) is 5.65. The SMILES string of the molecule is CC.Cc1ccc(C(=O)NC(C)C)cc1-c1nc(N2CCC(N3CCCCC3)CC2)nc2c1CNC(=O)N2c1c(F)cccc1F. The lowest BCUT2D eigenvalue weighted by atomic mass is 9.97. The number of piperidine rings is 2. The zero-order chi connectivity index (χ0) is 33.0. The summed E-state index contributed by atoms with van der Waals surface area (Å²) >= 11 is 0. The van der Waals surface area contributed by atoms with Crippen LogP contribution in [0, 0.1) is 18.6 Å². The number of aryl methyl sites for hydroxylation is 1. The van der Waals surface area contributed by atoms with E-state index in [0.29, 0.717) is 34.4 Å². The van der Waals surface area contributed by atoms with Crippen molar-refractivity contribution in [3.63, 3.8) is 0 Å². The molecule has 0 atom stereocenters. The molecule has 246 valence electrons. The molecule has 2 aromatic carbocycles. The Bertz CT molecular complexity index is 1550. The molecular formula is C35H45F2N7O2. The molecule has 0 unspecified atom stereocenters. The number of urea groups is 1. The molecule has 2 saturated heterocycles. The van der Waals surface area contributed by atoms with Crippen molar-refractivity contribution in [3.8, 4) is 11.3 Å². The fourth-order valence-corrected chi connectivity index (χ4v) is 6.50. The first-order valence-corrected chi connectivity index (χ1v) is 16.5. The van der Waals surface area contributed by atoms with Crippen molar-refractivity contribution in [2.45, 2.75) is 85.4 Å². The monoisotopic (exact) mass is 633 g/mol. The summed E-state index contributed by atoms with van der Waals surface area (Å²) in [4.78, 5) is 41.8. The van der Waals surface area contributed by atoms with Crippen LogP contribution in [-0.2, 0) is 6.54 Å². The number of halogens is 2. The maximum atomic E-state index is 15.1. The minimum Gasteiger partial charge on any atom is -0.350 e. The van der Waals surface area contributed by atoms with E-state index in [4.69, 9.17) is 9.97 Å². The molecule has 4 heterocycles. The zero-order valence-electron chi connectivity index (χ0n) is 27.5. The number of nitrogens with one attached hydrogen (secondary N) is 2. The van der Waals surface area contributed by atoms with E-state index in [-0.39, 0.29) is 24.3 Å². The molecule has 3 aliphatic heterocycles. The number of nitrogens with zero attached hydrogens (tertiary/aromatic N) is 5. The summed E-state index contributed by atoms with van der Waals surface area (Å²) in [7, 11) is 0. The van der Waals surface area contributed by atoms with Crippen molar-refractivity contribution in [2.75, 3.05) is 36.0 Å². The van der Waals surface area contributed by atoms with Crippen molar-refractivity contribution < 1.29 is 18.4 Å². The molecule has 0 saturated carbocycles. The molecule has 3 amide bonds. The van der Waals surface area contributed by atoms with E-state index in [1.165, 1.54) is 25.3 Å². The lowest BCUT2D eigenvalue weighted by Gasteiger charge is -2.40. The molecule has 3 aromatic rings. The lowest BCUT2D eigenvalue weighted by molar-refractivity contribution is 0.0943. The number of amides is 3. The fourth-order valence-electron chi connectivity index (χ4n) is 6.50. The number of fused-ring (bicyclic) bond motifs is 1. The number of carbonyl (C=O) groups excluding carboxylic acids is 2. The number of hydrogen-bond acceptors (Lipinski definition) is 6. The van der Waals surface area contributed by atoms with Gasteiger partial charge < -0.3 is 20.4 Å². The molecule has 6 rings (SSSR count). The molecule has 2 fully saturated rings. The third-order valence-electron chi connectivity index (χ3n) is 8.79. The highest BCUT2D eigenvalue weighted by Gasteiger charge is 2.36. The topological polar surface area (TPSA) is 93.7 Å². The third kappa shape index (κ3) is 6.84. The van der Waals surface area contributed by atoms with Crippen LogP contribution in [0.5, 0.6) is 0 Å². The molecule has 0 aliphatic carbocycles. The Kier molecular flexibility index (Phi) is 10.5. The summed E-state index contributed by atoms with van der Waals surface area (Å²) in [6, 6.07) is 8.68. The van der Waals surface area contributed by atoms with Crippen LogP contribution in [0.15, 0.2) is 36.4 Å². The molecular weight excluding hydrogens is 588 g/mol. The predicted octanol–water partition coefficient (Wildman–Crippen LogP) is 6.71. The number of aromatic nitrogens is 2. The number of carbonyl (C=O) groups is 2. The highest BCUT2D eigenvalue weighted by Crippen LogP contribution is 2.40. The Morgan fingerprint density at radius 2 is 1.65 bits per heavy atom. The lowest BCUT2D eigenvalue weighted by Crippen LogP contribution is -2.47. The minimum atomic E-state index is -0.874. The van der Waals surface area contributed by atoms with Crippen molar-refractivity contribution in [3.05, 3.63) is 64.7 Å². The van der Waals surface area contributed by atoms with Crippen molar-refractivity contribution in [2.24, 2.45) is 0 Å². The Labute approximate surface area is 270 Å². The molecule has 9 nitrogen and oxygen atoms in total. The highest BCUT2D eigenvalue weighted by molar-refractivity contribution is 6.02. The second kappa shape index (κ2) is 14.5. The van der Waals surface area contributed by atoms with Gasteiger partial charge >= 0.3 is 6.03 Å². The maximum Gasteiger partial charge on any atom is 0.328 e. The van der Waals surface area contributed by atoms with Crippen LogP contribution >= 0.6 is 0 Å². The summed E-state index contributed by atoms with van der Waals surface area (Å²) < 4.78 is 30.3. The number of benzene rings is 2. The number of likely N-dealkylation sites (tertiary alicyclic amines) is 1. The minimum absolute atomic E-state index is 0.0436. The van der Waals surface area contributed by atoms with Gasteiger partial charge in [-0.05, 0) is 89.4 Å². The van der Waals surface area contributed by atoms with Gasteiger partial charge in [-0.2, -0.15) is 4.98 Å². The van der Waals surface area contributed by atoms with Crippen LogP contribution in [0.25, 0.3) is 11.3 Å². The second-order valence-corrected chi connectivity index (χ2v) is 12.2. The van der Waals surface area contributed by atoms with E-state index in [2.05, 4.69) is 20.4 Å². The van der Waals surface area contributed by atoms with Crippen molar-refractivity contribution in [1.82, 2.24) is 25.5 Å². The number of anilines is 3. The van der Waals surface area contributed by atoms with E-state index < -0.39 is 23.4 Å². The Morgan fingerprint density at radius 1 is 0.978 bits per heavy atom. The molecule has 3 aliphatic rings. The van der Waals surface area contributed by atoms with Crippen LogP contribution in [0.4, 0.5) is 31.0 Å². The average molecular weight is 634 g/mol. The van der Waals surface area contributed by atoms with Crippen LogP contribution < -0.4 is 20.4 Å². The fraction of sp³-hybridized carbons (Fsp3) is 0.486. The molecule has 0 bridgehead atoms. The van der Waals surface area contributed by atoms with Crippen LogP contribution in [0.3, 0.4) is 0 Å². The standard InChI is InChI=1S/C33H39F2N7O2.C2H6/c1-20(2)37-31(43)22-11-10-21(3)24(18-22)28-25-19-36-33(44)42(29-26(34)8-7-9-27(29)35)30(25)39-32(38-28)41-16-12-23(13-17-41)40-14-5-4-6-15-40;1-2/h7-11,18,20,23H,4-6,12-17,19H2,1-3H3,(H,36,44)(H,37,43);1-2H3. The molecule has 11 heteroatoms. The first-order chi connectivity index (χ1) is 22.2. The molecule has 46 heavy (non-hydrogen) atoms. The third-order valence-corrected chi connectivity index (χ3v) is 8.79. The Hall–Kier alpha value is -4.12. The first kappa shape index (κ1) is 33.2. The van der Waals surface area contributed by atoms with Gasteiger partial charge in [0, 0.05) is 41.9 Å². The Morgan fingerprint density at radius 3 is 2.30 bits per heavy atom. The van der Waals surface area contributed by atoms with Gasteiger partial charge in [0.1, 0.15) is 17.3 Å². The van der Waals surface area contributed by atoms with E-state index in [1.807, 2.05) is 40.7 Å². The zero-order valence-corrected chi connectivity index (χ0v) is 27.5. The average Bonchev–Trinajstić information content (AvgIpc) is 3.06. The number of para-hydroxylation sites is 1. The quantitative estimate of drug-likeness (QED) is 0.314. The summed E-state index contributed by atoms with van der Waals surface area (Å²) in [5.41, 5.74) is 2.56. The van der Waals surface area contributed by atoms with E-state index in [1.54, 1.807) is 12.1 Å². The van der Waals surface area contributed by atoms with E-state index in [9.17, 15) is 9.59 Å². The molecule has 1 aromatic heterocycles. The van der Waals surface area contributed by atoms with Gasteiger partial charge in [0.05, 0.1) is 12.2 Å². The van der Waals surface area contributed by atoms with Crippen LogP contribution in [0.2, 0.25) is 0 Å². The second-order valence-electron chi connectivity index (χ2n) is 12.2.